The second-order valence-electron chi connectivity index (χ2n) is 8.22. The Morgan fingerprint density at radius 2 is 1.73 bits per heavy atom. The summed E-state index contributed by atoms with van der Waals surface area (Å²) in [6.45, 7) is 4.93. The highest BCUT2D eigenvalue weighted by Crippen LogP contribution is 2.34. The molecule has 8 nitrogen and oxygen atoms in total. The van der Waals surface area contributed by atoms with E-state index in [-0.39, 0.29) is 22.9 Å². The fourth-order valence-corrected chi connectivity index (χ4v) is 5.07. The van der Waals surface area contributed by atoms with Crippen LogP contribution in [-0.2, 0) is 9.59 Å². The lowest BCUT2D eigenvalue weighted by Gasteiger charge is -2.27. The number of benzene rings is 1. The molecular formula is C24H25N3O5S. The van der Waals surface area contributed by atoms with Crippen LogP contribution in [-0.4, -0.2) is 62.1 Å². The number of amides is 3. The average Bonchev–Trinajstić information content (AvgIpc) is 3.23. The van der Waals surface area contributed by atoms with Gasteiger partial charge in [-0.15, -0.1) is 0 Å². The number of hydrogen-bond acceptors (Lipinski definition) is 5. The maximum atomic E-state index is 12.9. The largest absolute Gasteiger partial charge is 0.478 e. The van der Waals surface area contributed by atoms with E-state index in [0.717, 1.165) is 58.6 Å². The molecule has 172 valence electrons. The minimum Gasteiger partial charge on any atom is -0.478 e. The topological polar surface area (TPSA) is 99.9 Å². The number of imide groups is 1. The van der Waals surface area contributed by atoms with Crippen molar-refractivity contribution >= 4 is 40.9 Å². The molecule has 2 aliphatic rings. The highest BCUT2D eigenvalue weighted by molar-refractivity contribution is 8.18. The van der Waals surface area contributed by atoms with Crippen LogP contribution in [0.3, 0.4) is 0 Å². The summed E-state index contributed by atoms with van der Waals surface area (Å²) in [6, 6.07) is 8.45. The predicted octanol–water partition coefficient (Wildman–Crippen LogP) is 3.84. The smallest absolute Gasteiger partial charge is 0.335 e. The van der Waals surface area contributed by atoms with Gasteiger partial charge >= 0.3 is 5.97 Å². The van der Waals surface area contributed by atoms with Crippen molar-refractivity contribution in [3.63, 3.8) is 0 Å². The quantitative estimate of drug-likeness (QED) is 0.671. The lowest BCUT2D eigenvalue weighted by molar-refractivity contribution is -0.136. The monoisotopic (exact) mass is 467 g/mol. The van der Waals surface area contributed by atoms with Gasteiger partial charge < -0.3 is 14.6 Å². The van der Waals surface area contributed by atoms with Crippen LogP contribution in [0.2, 0.25) is 0 Å². The molecule has 2 aromatic rings. The maximum Gasteiger partial charge on any atom is 0.335 e. The number of carbonyl (C=O) groups excluding carboxylic acids is 3. The van der Waals surface area contributed by atoms with Crippen molar-refractivity contribution in [2.45, 2.75) is 33.1 Å². The van der Waals surface area contributed by atoms with E-state index >= 15 is 0 Å². The molecule has 0 radical (unpaired) electrons. The van der Waals surface area contributed by atoms with Crippen LogP contribution >= 0.6 is 11.8 Å². The number of aromatic carboxylic acids is 1. The molecule has 0 atom stereocenters. The number of aryl methyl sites for hydroxylation is 1. The summed E-state index contributed by atoms with van der Waals surface area (Å²) in [4.78, 5) is 52.1. The maximum absolute atomic E-state index is 12.9. The molecule has 1 aromatic carbocycles. The Kier molecular flexibility index (Phi) is 6.42. The van der Waals surface area contributed by atoms with E-state index < -0.39 is 17.1 Å². The zero-order chi connectivity index (χ0) is 23.7. The summed E-state index contributed by atoms with van der Waals surface area (Å²) < 4.78 is 1.96. The number of thioether (sulfide) groups is 1. The summed E-state index contributed by atoms with van der Waals surface area (Å²) >= 11 is 0.843. The summed E-state index contributed by atoms with van der Waals surface area (Å²) in [5.74, 6) is -1.63. The van der Waals surface area contributed by atoms with Crippen LogP contribution in [0.1, 0.15) is 46.6 Å². The van der Waals surface area contributed by atoms with E-state index in [0.29, 0.717) is 13.1 Å². The molecule has 2 saturated heterocycles. The third kappa shape index (κ3) is 4.59. The number of likely N-dealkylation sites (tertiary alicyclic amines) is 1. The normalized spacial score (nSPS) is 17.8. The minimum absolute atomic E-state index is 0.193. The second kappa shape index (κ2) is 9.27. The van der Waals surface area contributed by atoms with Crippen LogP contribution in [0.15, 0.2) is 35.2 Å². The SMILES string of the molecule is Cc1cc(/C=C2/SC(=O)N(CC(=O)N3CCCCC3)C2=O)c(C)n1-c1ccc(C(=O)O)cc1. The highest BCUT2D eigenvalue weighted by atomic mass is 32.2. The Hall–Kier alpha value is -3.33. The number of hydrogen-bond donors (Lipinski definition) is 1. The van der Waals surface area contributed by atoms with Crippen molar-refractivity contribution in [2.24, 2.45) is 0 Å². The molecule has 2 fully saturated rings. The van der Waals surface area contributed by atoms with Gasteiger partial charge in [0.05, 0.1) is 10.5 Å². The van der Waals surface area contributed by atoms with E-state index in [1.807, 2.05) is 24.5 Å². The van der Waals surface area contributed by atoms with Gasteiger partial charge in [0, 0.05) is 30.2 Å². The Labute approximate surface area is 195 Å². The van der Waals surface area contributed by atoms with E-state index in [1.165, 1.54) is 0 Å². The van der Waals surface area contributed by atoms with Crippen molar-refractivity contribution in [1.29, 1.82) is 0 Å². The van der Waals surface area contributed by atoms with E-state index in [9.17, 15) is 19.2 Å². The molecule has 0 aliphatic carbocycles. The highest BCUT2D eigenvalue weighted by Gasteiger charge is 2.37. The number of nitrogens with zero attached hydrogens (tertiary/aromatic N) is 3. The van der Waals surface area contributed by atoms with Gasteiger partial charge in [0.2, 0.25) is 5.91 Å². The number of carboxylic acids is 1. The van der Waals surface area contributed by atoms with Crippen LogP contribution in [0.4, 0.5) is 4.79 Å². The van der Waals surface area contributed by atoms with Gasteiger partial charge in [0.25, 0.3) is 11.1 Å². The molecule has 0 unspecified atom stereocenters. The van der Waals surface area contributed by atoms with Gasteiger partial charge in [0.15, 0.2) is 0 Å². The minimum atomic E-state index is -0.988. The first-order valence-corrected chi connectivity index (χ1v) is 11.6. The van der Waals surface area contributed by atoms with E-state index in [4.69, 9.17) is 5.11 Å². The molecule has 33 heavy (non-hydrogen) atoms. The molecule has 0 spiro atoms. The van der Waals surface area contributed by atoms with Gasteiger partial charge in [-0.2, -0.15) is 0 Å². The molecule has 3 amide bonds. The fraction of sp³-hybridized carbons (Fsp3) is 0.333. The third-order valence-corrected chi connectivity index (χ3v) is 6.91. The van der Waals surface area contributed by atoms with Gasteiger partial charge in [-0.25, -0.2) is 4.79 Å². The second-order valence-corrected chi connectivity index (χ2v) is 9.22. The van der Waals surface area contributed by atoms with Crippen molar-refractivity contribution in [2.75, 3.05) is 19.6 Å². The van der Waals surface area contributed by atoms with Crippen LogP contribution in [0, 0.1) is 13.8 Å². The van der Waals surface area contributed by atoms with Crippen LogP contribution in [0.5, 0.6) is 0 Å². The molecule has 3 heterocycles. The first-order valence-electron chi connectivity index (χ1n) is 10.8. The lowest BCUT2D eigenvalue weighted by atomic mass is 10.1. The first-order chi connectivity index (χ1) is 15.8. The molecule has 2 aliphatic heterocycles. The zero-order valence-corrected chi connectivity index (χ0v) is 19.4. The van der Waals surface area contributed by atoms with Gasteiger partial charge in [-0.1, -0.05) is 0 Å². The Morgan fingerprint density at radius 1 is 1.06 bits per heavy atom. The summed E-state index contributed by atoms with van der Waals surface area (Å²) in [5, 5.41) is 8.68. The molecule has 0 saturated carbocycles. The van der Waals surface area contributed by atoms with Crippen molar-refractivity contribution in [1.82, 2.24) is 14.4 Å². The molecule has 9 heteroatoms. The first kappa shape index (κ1) is 22.8. The van der Waals surface area contributed by atoms with Crippen molar-refractivity contribution in [3.8, 4) is 5.69 Å². The lowest BCUT2D eigenvalue weighted by Crippen LogP contribution is -2.44. The van der Waals surface area contributed by atoms with Gasteiger partial charge in [0.1, 0.15) is 6.54 Å². The number of aromatic nitrogens is 1. The van der Waals surface area contributed by atoms with Crippen LogP contribution < -0.4 is 0 Å². The zero-order valence-electron chi connectivity index (χ0n) is 18.5. The number of rotatable bonds is 5. The van der Waals surface area contributed by atoms with Crippen molar-refractivity contribution in [3.05, 3.63) is 57.8 Å². The molecule has 1 N–H and O–H groups in total. The Balaban J connectivity index is 1.55. The summed E-state index contributed by atoms with van der Waals surface area (Å²) in [7, 11) is 0. The van der Waals surface area contributed by atoms with Crippen LogP contribution in [0.25, 0.3) is 11.8 Å². The van der Waals surface area contributed by atoms with E-state index in [1.54, 1.807) is 35.2 Å². The number of carboxylic acid groups (broad SMARTS) is 1. The average molecular weight is 468 g/mol. The summed E-state index contributed by atoms with van der Waals surface area (Å²) in [6.07, 6.45) is 4.67. The van der Waals surface area contributed by atoms with Gasteiger partial charge in [-0.05, 0) is 86.8 Å². The number of carbonyl (C=O) groups is 4. The van der Waals surface area contributed by atoms with Gasteiger partial charge in [-0.3, -0.25) is 19.3 Å². The number of piperidine rings is 1. The van der Waals surface area contributed by atoms with Crippen molar-refractivity contribution < 1.29 is 24.3 Å². The Bertz CT molecular complexity index is 1160. The molecule has 1 aromatic heterocycles. The molecular weight excluding hydrogens is 442 g/mol. The standard InChI is InChI=1S/C24H25N3O5S/c1-15-12-18(16(2)27(15)19-8-6-17(7-9-19)23(30)31)13-20-22(29)26(24(32)33-20)14-21(28)25-10-4-3-5-11-25/h6-9,12-13H,3-5,10-11,14H2,1-2H3,(H,30,31)/b20-13+. The van der Waals surface area contributed by atoms with E-state index in [2.05, 4.69) is 0 Å². The molecule has 4 rings (SSSR count). The predicted molar refractivity (Wildman–Crippen MR) is 125 cm³/mol. The summed E-state index contributed by atoms with van der Waals surface area (Å²) in [5.41, 5.74) is 3.54. The fourth-order valence-electron chi connectivity index (χ4n) is 4.24. The molecule has 0 bridgehead atoms. The third-order valence-electron chi connectivity index (χ3n) is 6.01. The Morgan fingerprint density at radius 3 is 2.36 bits per heavy atom.